The van der Waals surface area contributed by atoms with Crippen molar-refractivity contribution in [3.05, 3.63) is 28.2 Å². The fourth-order valence-corrected chi connectivity index (χ4v) is 1.23. The van der Waals surface area contributed by atoms with E-state index in [1.165, 1.54) is 12.3 Å². The number of carbonyl (C=O) groups is 1. The molecule has 1 amide bonds. The Hall–Kier alpha value is -1.86. The van der Waals surface area contributed by atoms with Crippen LogP contribution in [-0.2, 0) is 4.79 Å². The number of primary amides is 1. The van der Waals surface area contributed by atoms with Crippen LogP contribution in [0.1, 0.15) is 18.1 Å². The summed E-state index contributed by atoms with van der Waals surface area (Å²) in [5, 5.41) is 19.0. The third-order valence-electron chi connectivity index (χ3n) is 2.07. The second-order valence-electron chi connectivity index (χ2n) is 3.40. The Kier molecular flexibility index (Phi) is 3.64. The first kappa shape index (κ1) is 12.2. The molecule has 1 aromatic heterocycles. The number of anilines is 1. The second-order valence-corrected chi connectivity index (χ2v) is 3.40. The minimum absolute atomic E-state index is 0.0807. The summed E-state index contributed by atoms with van der Waals surface area (Å²) in [5.74, 6) is -0.732. The van der Waals surface area contributed by atoms with Crippen LogP contribution in [-0.4, -0.2) is 27.2 Å². The van der Waals surface area contributed by atoms with E-state index in [0.717, 1.165) is 0 Å². The topological polar surface area (TPSA) is 142 Å². The molecule has 1 aromatic rings. The van der Waals surface area contributed by atoms with Crippen LogP contribution in [0.5, 0.6) is 0 Å². The van der Waals surface area contributed by atoms with Gasteiger partial charge in [-0.15, -0.1) is 0 Å². The van der Waals surface area contributed by atoms with E-state index in [1.54, 1.807) is 0 Å². The van der Waals surface area contributed by atoms with E-state index in [1.807, 2.05) is 0 Å². The molecule has 0 aromatic carbocycles. The highest BCUT2D eigenvalue weighted by molar-refractivity contribution is 5.74. The van der Waals surface area contributed by atoms with Crippen LogP contribution in [0.25, 0.3) is 0 Å². The van der Waals surface area contributed by atoms with Gasteiger partial charge in [-0.1, -0.05) is 0 Å². The van der Waals surface area contributed by atoms with Gasteiger partial charge in [-0.05, 0) is 6.07 Å². The monoisotopic (exact) mass is 227 g/mol. The molecule has 0 radical (unpaired) electrons. The number of carbonyl (C=O) groups excluding carboxylic acids is 1. The molecule has 1 rings (SSSR count). The minimum atomic E-state index is -1.33. The lowest BCUT2D eigenvalue weighted by Crippen LogP contribution is -2.26. The molecule has 0 aliphatic rings. The Balaban J connectivity index is 2.87. The van der Waals surface area contributed by atoms with Gasteiger partial charge in [0, 0.05) is 11.8 Å². The van der Waals surface area contributed by atoms with Crippen LogP contribution in [0.2, 0.25) is 0 Å². The van der Waals surface area contributed by atoms with Gasteiger partial charge in [-0.3, -0.25) is 9.59 Å². The van der Waals surface area contributed by atoms with Crippen LogP contribution in [0.3, 0.4) is 0 Å². The number of aliphatic hydroxyl groups is 2. The molecule has 2 unspecified atom stereocenters. The van der Waals surface area contributed by atoms with Crippen molar-refractivity contribution in [2.45, 2.75) is 18.6 Å². The van der Waals surface area contributed by atoms with Crippen LogP contribution < -0.4 is 17.0 Å². The van der Waals surface area contributed by atoms with Crippen molar-refractivity contribution in [2.24, 2.45) is 5.73 Å². The van der Waals surface area contributed by atoms with Gasteiger partial charge in [0.2, 0.25) is 5.91 Å². The average Bonchev–Trinajstić information content (AvgIpc) is 2.20. The number of nitrogens with two attached hydrogens (primary N) is 2. The summed E-state index contributed by atoms with van der Waals surface area (Å²) < 4.78 is 0. The van der Waals surface area contributed by atoms with Crippen molar-refractivity contribution in [1.82, 2.24) is 4.98 Å². The molecule has 7 nitrogen and oxygen atoms in total. The van der Waals surface area contributed by atoms with E-state index in [2.05, 4.69) is 4.98 Å². The number of amides is 1. The molecule has 7 N–H and O–H groups in total. The molecular weight excluding hydrogens is 214 g/mol. The maximum atomic E-state index is 10.9. The summed E-state index contributed by atoms with van der Waals surface area (Å²) in [5.41, 5.74) is 9.85. The molecule has 88 valence electrons. The van der Waals surface area contributed by atoms with E-state index >= 15 is 0 Å². The number of H-pyrrole nitrogens is 1. The third-order valence-corrected chi connectivity index (χ3v) is 2.07. The van der Waals surface area contributed by atoms with Crippen molar-refractivity contribution in [3.8, 4) is 0 Å². The van der Waals surface area contributed by atoms with Crippen molar-refractivity contribution in [3.63, 3.8) is 0 Å². The fraction of sp³-hybridized carbons (Fsp3) is 0.333. The van der Waals surface area contributed by atoms with Gasteiger partial charge in [-0.2, -0.15) is 0 Å². The van der Waals surface area contributed by atoms with E-state index in [9.17, 15) is 19.8 Å². The van der Waals surface area contributed by atoms with Gasteiger partial charge in [0.1, 0.15) is 6.10 Å². The number of rotatable bonds is 4. The quantitative estimate of drug-likeness (QED) is 0.413. The number of aromatic amines is 1. The molecule has 1 heterocycles. The summed E-state index contributed by atoms with van der Waals surface area (Å²) in [6.45, 7) is 0. The SMILES string of the molecule is NC(=O)CC(O)C(O)c1c[nH]c(=O)c(N)c1. The average molecular weight is 227 g/mol. The zero-order valence-corrected chi connectivity index (χ0v) is 8.38. The Morgan fingerprint density at radius 1 is 1.50 bits per heavy atom. The van der Waals surface area contributed by atoms with Crippen LogP contribution in [0.15, 0.2) is 17.1 Å². The van der Waals surface area contributed by atoms with Gasteiger partial charge in [0.15, 0.2) is 0 Å². The van der Waals surface area contributed by atoms with Crippen LogP contribution >= 0.6 is 0 Å². The molecular formula is C9H13N3O4. The molecule has 0 fully saturated rings. The number of nitrogens with one attached hydrogen (secondary N) is 1. The van der Waals surface area contributed by atoms with E-state index in [4.69, 9.17) is 11.5 Å². The lowest BCUT2D eigenvalue weighted by Gasteiger charge is -2.16. The number of aliphatic hydroxyl groups excluding tert-OH is 2. The zero-order valence-electron chi connectivity index (χ0n) is 8.38. The normalized spacial score (nSPS) is 14.4. The summed E-state index contributed by atoms with van der Waals surface area (Å²) in [4.78, 5) is 23.8. The fourth-order valence-electron chi connectivity index (χ4n) is 1.23. The third kappa shape index (κ3) is 2.81. The number of hydrogen-bond donors (Lipinski definition) is 5. The van der Waals surface area contributed by atoms with Crippen LogP contribution in [0.4, 0.5) is 5.69 Å². The Labute approximate surface area is 90.7 Å². The minimum Gasteiger partial charge on any atom is -0.394 e. The highest BCUT2D eigenvalue weighted by atomic mass is 16.3. The number of aromatic nitrogens is 1. The Morgan fingerprint density at radius 3 is 2.62 bits per heavy atom. The van der Waals surface area contributed by atoms with E-state index < -0.39 is 23.7 Å². The maximum absolute atomic E-state index is 10.9. The standard InChI is InChI=1S/C9H13N3O4/c10-5-1-4(3-12-9(5)16)8(15)6(13)2-7(11)14/h1,3,6,8,13,15H,2,10H2,(H2,11,14)(H,12,16). The molecule has 0 spiro atoms. The summed E-state index contributed by atoms with van der Waals surface area (Å²) in [7, 11) is 0. The molecule has 0 aliphatic heterocycles. The van der Waals surface area contributed by atoms with Gasteiger partial charge >= 0.3 is 0 Å². The lowest BCUT2D eigenvalue weighted by atomic mass is 10.0. The predicted molar refractivity (Wildman–Crippen MR) is 56.3 cm³/mol. The van der Waals surface area contributed by atoms with Crippen molar-refractivity contribution < 1.29 is 15.0 Å². The van der Waals surface area contributed by atoms with Gasteiger partial charge < -0.3 is 26.7 Å². The number of pyridine rings is 1. The summed E-state index contributed by atoms with van der Waals surface area (Å²) >= 11 is 0. The van der Waals surface area contributed by atoms with Crippen molar-refractivity contribution >= 4 is 11.6 Å². The molecule has 16 heavy (non-hydrogen) atoms. The summed E-state index contributed by atoms with van der Waals surface area (Å²) in [6, 6.07) is 1.23. The van der Waals surface area contributed by atoms with Gasteiger partial charge in [-0.25, -0.2) is 0 Å². The van der Waals surface area contributed by atoms with Crippen molar-refractivity contribution in [1.29, 1.82) is 0 Å². The zero-order chi connectivity index (χ0) is 12.3. The highest BCUT2D eigenvalue weighted by Gasteiger charge is 2.20. The molecule has 0 saturated heterocycles. The molecule has 0 saturated carbocycles. The summed E-state index contributed by atoms with van der Waals surface area (Å²) in [6.07, 6.45) is -1.82. The van der Waals surface area contributed by atoms with Gasteiger partial charge in [0.25, 0.3) is 5.56 Å². The number of hydrogen-bond acceptors (Lipinski definition) is 5. The first-order valence-corrected chi connectivity index (χ1v) is 4.54. The van der Waals surface area contributed by atoms with Crippen LogP contribution in [0, 0.1) is 0 Å². The molecule has 2 atom stereocenters. The van der Waals surface area contributed by atoms with E-state index in [0.29, 0.717) is 0 Å². The maximum Gasteiger partial charge on any atom is 0.271 e. The van der Waals surface area contributed by atoms with Crippen molar-refractivity contribution in [2.75, 3.05) is 5.73 Å². The Bertz CT molecular complexity index is 443. The smallest absolute Gasteiger partial charge is 0.271 e. The number of nitrogen functional groups attached to an aromatic ring is 1. The van der Waals surface area contributed by atoms with E-state index in [-0.39, 0.29) is 17.7 Å². The lowest BCUT2D eigenvalue weighted by molar-refractivity contribution is -0.121. The molecule has 7 heteroatoms. The van der Waals surface area contributed by atoms with Gasteiger partial charge in [0.05, 0.1) is 18.2 Å². The predicted octanol–water partition coefficient (Wildman–Crippen LogP) is -1.77. The molecule has 0 aliphatic carbocycles. The first-order chi connectivity index (χ1) is 7.41. The second kappa shape index (κ2) is 4.77. The largest absolute Gasteiger partial charge is 0.394 e. The first-order valence-electron chi connectivity index (χ1n) is 4.54. The molecule has 0 bridgehead atoms. The highest BCUT2D eigenvalue weighted by Crippen LogP contribution is 2.18. The Morgan fingerprint density at radius 2 is 2.12 bits per heavy atom.